The maximum Gasteiger partial charge on any atom is 0.408 e. The summed E-state index contributed by atoms with van der Waals surface area (Å²) >= 11 is 6.21. The van der Waals surface area contributed by atoms with Crippen LogP contribution in [-0.4, -0.2) is 23.0 Å². The third kappa shape index (κ3) is 5.93. The van der Waals surface area contributed by atoms with Crippen molar-refractivity contribution < 1.29 is 14.3 Å². The van der Waals surface area contributed by atoms with Crippen LogP contribution in [0, 0.1) is 0 Å². The molecule has 1 heterocycles. The van der Waals surface area contributed by atoms with E-state index in [2.05, 4.69) is 15.6 Å². The van der Waals surface area contributed by atoms with Crippen molar-refractivity contribution in [2.75, 3.05) is 0 Å². The molecule has 0 bridgehead atoms. The molecule has 1 unspecified atom stereocenters. The lowest BCUT2D eigenvalue weighted by atomic mass is 10.0. The number of aromatic nitrogens is 1. The molecular formula is C26H24ClN3O3. The van der Waals surface area contributed by atoms with E-state index in [0.717, 1.165) is 27.6 Å². The average Bonchev–Trinajstić information content (AvgIpc) is 3.25. The van der Waals surface area contributed by atoms with E-state index in [1.54, 1.807) is 6.07 Å². The monoisotopic (exact) mass is 461 g/mol. The van der Waals surface area contributed by atoms with Gasteiger partial charge in [0.1, 0.15) is 12.6 Å². The molecular weight excluding hydrogens is 438 g/mol. The second-order valence-corrected chi connectivity index (χ2v) is 8.04. The molecule has 4 rings (SSSR count). The van der Waals surface area contributed by atoms with Gasteiger partial charge >= 0.3 is 6.09 Å². The summed E-state index contributed by atoms with van der Waals surface area (Å²) in [4.78, 5) is 28.8. The van der Waals surface area contributed by atoms with Gasteiger partial charge in [0.05, 0.1) is 0 Å². The minimum atomic E-state index is -0.824. The zero-order chi connectivity index (χ0) is 23.0. The van der Waals surface area contributed by atoms with Gasteiger partial charge in [-0.15, -0.1) is 0 Å². The number of rotatable bonds is 8. The fourth-order valence-electron chi connectivity index (χ4n) is 3.58. The number of fused-ring (bicyclic) bond motifs is 1. The van der Waals surface area contributed by atoms with E-state index in [0.29, 0.717) is 11.4 Å². The van der Waals surface area contributed by atoms with Gasteiger partial charge in [0.15, 0.2) is 0 Å². The molecule has 0 aliphatic carbocycles. The number of ether oxygens (including phenoxy) is 1. The smallest absolute Gasteiger partial charge is 0.408 e. The Morgan fingerprint density at radius 1 is 0.909 bits per heavy atom. The van der Waals surface area contributed by atoms with Crippen molar-refractivity contribution in [2.24, 2.45) is 0 Å². The number of carbonyl (C=O) groups is 2. The summed E-state index contributed by atoms with van der Waals surface area (Å²) in [6.45, 7) is 0.372. The van der Waals surface area contributed by atoms with Crippen LogP contribution in [0.3, 0.4) is 0 Å². The van der Waals surface area contributed by atoms with Crippen LogP contribution in [0.15, 0.2) is 85.1 Å². The maximum absolute atomic E-state index is 13.1. The van der Waals surface area contributed by atoms with Crippen LogP contribution in [0.2, 0.25) is 5.02 Å². The molecule has 1 atom stereocenters. The van der Waals surface area contributed by atoms with Gasteiger partial charge < -0.3 is 20.4 Å². The van der Waals surface area contributed by atoms with Crippen LogP contribution in [0.1, 0.15) is 16.7 Å². The van der Waals surface area contributed by atoms with Gasteiger partial charge in [-0.1, -0.05) is 78.3 Å². The maximum atomic E-state index is 13.1. The van der Waals surface area contributed by atoms with Crippen LogP contribution >= 0.6 is 11.6 Å². The van der Waals surface area contributed by atoms with E-state index in [-0.39, 0.29) is 19.1 Å². The lowest BCUT2D eigenvalue weighted by molar-refractivity contribution is -0.123. The van der Waals surface area contributed by atoms with Crippen molar-refractivity contribution in [1.82, 2.24) is 15.6 Å². The summed E-state index contributed by atoms with van der Waals surface area (Å²) in [6, 6.07) is 23.7. The molecule has 0 spiro atoms. The number of benzene rings is 3. The number of amides is 2. The third-order valence-electron chi connectivity index (χ3n) is 5.33. The third-order valence-corrected chi connectivity index (χ3v) is 5.70. The average molecular weight is 462 g/mol. The van der Waals surface area contributed by atoms with E-state index in [1.165, 1.54) is 0 Å². The summed E-state index contributed by atoms with van der Waals surface area (Å²) in [5, 5.41) is 7.17. The Morgan fingerprint density at radius 3 is 2.45 bits per heavy atom. The zero-order valence-corrected chi connectivity index (χ0v) is 18.6. The number of hydrogen-bond donors (Lipinski definition) is 3. The van der Waals surface area contributed by atoms with Crippen molar-refractivity contribution in [3.8, 4) is 0 Å². The Morgan fingerprint density at radius 2 is 1.64 bits per heavy atom. The molecule has 0 aliphatic heterocycles. The molecule has 0 saturated heterocycles. The number of carbonyl (C=O) groups excluding carboxylic acids is 2. The summed E-state index contributed by atoms with van der Waals surface area (Å²) < 4.78 is 5.34. The molecule has 7 heteroatoms. The van der Waals surface area contributed by atoms with Crippen LogP contribution < -0.4 is 10.6 Å². The topological polar surface area (TPSA) is 83.2 Å². The number of alkyl carbamates (subject to hydrolysis) is 1. The first kappa shape index (κ1) is 22.4. The number of aromatic amines is 1. The molecule has 1 aromatic heterocycles. The lowest BCUT2D eigenvalue weighted by Crippen LogP contribution is -2.48. The Hall–Kier alpha value is -3.77. The molecule has 2 amide bonds. The lowest BCUT2D eigenvalue weighted by Gasteiger charge is -2.18. The minimum Gasteiger partial charge on any atom is -0.445 e. The van der Waals surface area contributed by atoms with Crippen molar-refractivity contribution in [3.05, 3.63) is 107 Å². The SMILES string of the molecule is O=C(NC(Cc1c[nH]c2ccccc12)C(=O)NCc1ccccc1Cl)OCc1ccccc1. The Kier molecular flexibility index (Phi) is 7.27. The van der Waals surface area contributed by atoms with E-state index >= 15 is 0 Å². The number of para-hydroxylation sites is 1. The first-order chi connectivity index (χ1) is 16.1. The van der Waals surface area contributed by atoms with Gasteiger partial charge in [-0.3, -0.25) is 4.79 Å². The van der Waals surface area contributed by atoms with E-state index < -0.39 is 12.1 Å². The van der Waals surface area contributed by atoms with Crippen LogP contribution in [0.5, 0.6) is 0 Å². The van der Waals surface area contributed by atoms with Gasteiger partial charge in [0, 0.05) is 35.1 Å². The highest BCUT2D eigenvalue weighted by Gasteiger charge is 2.23. The molecule has 4 aromatic rings. The highest BCUT2D eigenvalue weighted by atomic mass is 35.5. The Balaban J connectivity index is 1.46. The van der Waals surface area contributed by atoms with Gasteiger partial charge in [-0.25, -0.2) is 4.79 Å². The number of hydrogen-bond acceptors (Lipinski definition) is 3. The normalized spacial score (nSPS) is 11.7. The first-order valence-electron chi connectivity index (χ1n) is 10.6. The van der Waals surface area contributed by atoms with Crippen LogP contribution in [0.4, 0.5) is 4.79 Å². The van der Waals surface area contributed by atoms with Crippen LogP contribution in [0.25, 0.3) is 10.9 Å². The fourth-order valence-corrected chi connectivity index (χ4v) is 3.79. The largest absolute Gasteiger partial charge is 0.445 e. The summed E-state index contributed by atoms with van der Waals surface area (Å²) in [5.74, 6) is -0.322. The van der Waals surface area contributed by atoms with E-state index in [1.807, 2.05) is 79.0 Å². The number of H-pyrrole nitrogens is 1. The molecule has 0 saturated carbocycles. The molecule has 3 N–H and O–H groups in total. The highest BCUT2D eigenvalue weighted by molar-refractivity contribution is 6.31. The highest BCUT2D eigenvalue weighted by Crippen LogP contribution is 2.20. The van der Waals surface area contributed by atoms with Gasteiger partial charge in [-0.05, 0) is 28.8 Å². The van der Waals surface area contributed by atoms with Gasteiger partial charge in [0.2, 0.25) is 5.91 Å². The van der Waals surface area contributed by atoms with Crippen LogP contribution in [-0.2, 0) is 29.1 Å². The van der Waals surface area contributed by atoms with Crippen molar-refractivity contribution >= 4 is 34.5 Å². The van der Waals surface area contributed by atoms with Crippen molar-refractivity contribution in [1.29, 1.82) is 0 Å². The molecule has 0 radical (unpaired) electrons. The fraction of sp³-hybridized carbons (Fsp3) is 0.154. The second kappa shape index (κ2) is 10.7. The molecule has 3 aromatic carbocycles. The Labute approximate surface area is 196 Å². The number of halogens is 1. The Bertz CT molecular complexity index is 1240. The van der Waals surface area contributed by atoms with Gasteiger partial charge in [-0.2, -0.15) is 0 Å². The summed E-state index contributed by atoms with van der Waals surface area (Å²) in [5.41, 5.74) is 3.55. The summed E-state index contributed by atoms with van der Waals surface area (Å²) in [7, 11) is 0. The van der Waals surface area contributed by atoms with Gasteiger partial charge in [0.25, 0.3) is 0 Å². The molecule has 0 fully saturated rings. The molecule has 168 valence electrons. The molecule has 0 aliphatic rings. The quantitative estimate of drug-likeness (QED) is 0.346. The minimum absolute atomic E-state index is 0.119. The second-order valence-electron chi connectivity index (χ2n) is 7.63. The standard InChI is InChI=1S/C26H24ClN3O3/c27-22-12-6-4-10-19(22)15-29-25(31)24(14-20-16-28-23-13-7-5-11-21(20)23)30-26(32)33-17-18-8-2-1-3-9-18/h1-13,16,24,28H,14-15,17H2,(H,29,31)(H,30,32). The zero-order valence-electron chi connectivity index (χ0n) is 17.9. The van der Waals surface area contributed by atoms with Crippen molar-refractivity contribution in [3.63, 3.8) is 0 Å². The predicted molar refractivity (Wildman–Crippen MR) is 129 cm³/mol. The first-order valence-corrected chi connectivity index (χ1v) is 11.0. The van der Waals surface area contributed by atoms with Crippen molar-refractivity contribution in [2.45, 2.75) is 25.6 Å². The summed E-state index contributed by atoms with van der Waals surface area (Å²) in [6.07, 6.45) is 1.51. The van der Waals surface area contributed by atoms with E-state index in [9.17, 15) is 9.59 Å². The van der Waals surface area contributed by atoms with E-state index in [4.69, 9.17) is 16.3 Å². The molecule has 6 nitrogen and oxygen atoms in total. The predicted octanol–water partition coefficient (Wildman–Crippen LogP) is 4.98. The molecule has 33 heavy (non-hydrogen) atoms. The number of nitrogens with one attached hydrogen (secondary N) is 3.